The number of carbonyl (C=O) groups excluding carboxylic acids is 1. The molecule has 70 valence electrons. The van der Waals surface area contributed by atoms with Gasteiger partial charge >= 0.3 is 6.09 Å². The molecule has 0 aromatic rings. The van der Waals surface area contributed by atoms with Crippen molar-refractivity contribution in [2.24, 2.45) is 0 Å². The maximum Gasteiger partial charge on any atom is 0.426 e. The molecule has 0 rings (SSSR count). The zero-order valence-electron chi connectivity index (χ0n) is 6.94. The Bertz CT molecular complexity index is 180. The van der Waals surface area contributed by atoms with E-state index >= 15 is 0 Å². The van der Waals surface area contributed by atoms with Gasteiger partial charge in [0.1, 0.15) is 0 Å². The number of hydrogen-bond acceptors (Lipinski definition) is 3. The Labute approximate surface area is 69.8 Å². The fraction of sp³-hybridized carbons (Fsp3) is 0.667. The third-order valence-corrected chi connectivity index (χ3v) is 0.970. The average Bonchev–Trinajstić information content (AvgIpc) is 1.83. The van der Waals surface area contributed by atoms with Crippen LogP contribution in [0.25, 0.3) is 0 Å². The lowest BCUT2D eigenvalue weighted by molar-refractivity contribution is -0.123. The molecule has 12 heavy (non-hydrogen) atoms. The van der Waals surface area contributed by atoms with Gasteiger partial charge in [-0.25, -0.2) is 9.80 Å². The van der Waals surface area contributed by atoms with Crippen molar-refractivity contribution in [2.45, 2.75) is 20.0 Å². The molecule has 0 bridgehead atoms. The van der Waals surface area contributed by atoms with Crippen molar-refractivity contribution in [3.8, 4) is 0 Å². The molecule has 6 heteroatoms. The Morgan fingerprint density at radius 1 is 1.58 bits per heavy atom. The molecule has 0 aliphatic heterocycles. The second kappa shape index (κ2) is 4.55. The number of nitrogens with one attached hydrogen (secondary N) is 1. The van der Waals surface area contributed by atoms with Crippen LogP contribution in [-0.2, 0) is 4.79 Å². The number of hydrogen-bond donors (Lipinski definition) is 3. The van der Waals surface area contributed by atoms with E-state index in [-0.39, 0.29) is 6.54 Å². The van der Waals surface area contributed by atoms with Crippen LogP contribution in [0.4, 0.5) is 4.79 Å². The molecule has 3 N–H and O–H groups in total. The minimum absolute atomic E-state index is 0.144. The highest BCUT2D eigenvalue weighted by Crippen LogP contribution is 1.88. The molecule has 1 atom stereocenters. The zero-order chi connectivity index (χ0) is 9.72. The summed E-state index contributed by atoms with van der Waals surface area (Å²) >= 11 is 0. The van der Waals surface area contributed by atoms with E-state index in [0.717, 1.165) is 0 Å². The molecule has 0 fully saturated rings. The molecule has 0 spiro atoms. The van der Waals surface area contributed by atoms with E-state index in [2.05, 4.69) is 0 Å². The highest BCUT2D eigenvalue weighted by molar-refractivity contribution is 5.76. The van der Waals surface area contributed by atoms with Crippen molar-refractivity contribution >= 4 is 12.0 Å². The standard InChI is InChI=1S/C6H12N2O4/c1-4(9)3-8(6(11)12)7-5(2)10/h4,9H,3H2,1-2H3,(H,7,10)(H,11,12)/t4-/m1/s1. The van der Waals surface area contributed by atoms with Gasteiger partial charge in [0.05, 0.1) is 12.6 Å². The monoisotopic (exact) mass is 176 g/mol. The number of aliphatic hydroxyl groups excluding tert-OH is 1. The lowest BCUT2D eigenvalue weighted by Crippen LogP contribution is -2.47. The van der Waals surface area contributed by atoms with E-state index in [4.69, 9.17) is 10.2 Å². The van der Waals surface area contributed by atoms with Gasteiger partial charge in [0.25, 0.3) is 0 Å². The molecule has 0 aromatic carbocycles. The van der Waals surface area contributed by atoms with Gasteiger partial charge in [0.2, 0.25) is 5.91 Å². The summed E-state index contributed by atoms with van der Waals surface area (Å²) in [6.45, 7) is 2.48. The first-order chi connectivity index (χ1) is 5.43. The number of carboxylic acid groups (broad SMARTS) is 1. The SMILES string of the molecule is CC(=O)NN(C[C@@H](C)O)C(=O)O. The van der Waals surface area contributed by atoms with Crippen molar-refractivity contribution in [1.82, 2.24) is 10.4 Å². The highest BCUT2D eigenvalue weighted by atomic mass is 16.4. The van der Waals surface area contributed by atoms with Crippen molar-refractivity contribution in [1.29, 1.82) is 0 Å². The van der Waals surface area contributed by atoms with Crippen LogP contribution in [0.15, 0.2) is 0 Å². The van der Waals surface area contributed by atoms with Crippen molar-refractivity contribution in [2.75, 3.05) is 6.54 Å². The van der Waals surface area contributed by atoms with Gasteiger partial charge in [-0.05, 0) is 6.92 Å². The minimum atomic E-state index is -1.30. The Kier molecular flexibility index (Phi) is 4.06. The lowest BCUT2D eigenvalue weighted by atomic mass is 10.4. The molecule has 2 amide bonds. The summed E-state index contributed by atoms with van der Waals surface area (Å²) < 4.78 is 0. The molecular formula is C6H12N2O4. The average molecular weight is 176 g/mol. The molecule has 0 saturated carbocycles. The number of carbonyl (C=O) groups is 2. The first-order valence-corrected chi connectivity index (χ1v) is 3.39. The molecule has 0 heterocycles. The quantitative estimate of drug-likeness (QED) is 0.490. The Hall–Kier alpha value is -1.30. The van der Waals surface area contributed by atoms with Gasteiger partial charge in [0, 0.05) is 6.92 Å². The summed E-state index contributed by atoms with van der Waals surface area (Å²) in [5.74, 6) is -0.488. The van der Waals surface area contributed by atoms with Crippen LogP contribution in [0.2, 0.25) is 0 Å². The maximum absolute atomic E-state index is 10.4. The van der Waals surface area contributed by atoms with E-state index < -0.39 is 18.1 Å². The van der Waals surface area contributed by atoms with Crippen LogP contribution < -0.4 is 5.43 Å². The molecular weight excluding hydrogens is 164 g/mol. The zero-order valence-corrected chi connectivity index (χ0v) is 6.94. The van der Waals surface area contributed by atoms with Crippen LogP contribution in [0.5, 0.6) is 0 Å². The first kappa shape index (κ1) is 10.7. The van der Waals surface area contributed by atoms with E-state index in [1.165, 1.54) is 13.8 Å². The molecule has 0 unspecified atom stereocenters. The predicted octanol–water partition coefficient (Wildman–Crippen LogP) is -0.602. The Morgan fingerprint density at radius 2 is 2.08 bits per heavy atom. The smallest absolute Gasteiger partial charge is 0.426 e. The summed E-state index contributed by atoms with van der Waals surface area (Å²) in [5.41, 5.74) is 2.05. The highest BCUT2D eigenvalue weighted by Gasteiger charge is 2.14. The van der Waals surface area contributed by atoms with Gasteiger partial charge < -0.3 is 10.2 Å². The van der Waals surface area contributed by atoms with Gasteiger partial charge in [-0.3, -0.25) is 10.2 Å². The number of amides is 2. The van der Waals surface area contributed by atoms with Gasteiger partial charge in [-0.1, -0.05) is 0 Å². The number of rotatable bonds is 2. The van der Waals surface area contributed by atoms with Crippen LogP contribution in [-0.4, -0.2) is 39.9 Å². The first-order valence-electron chi connectivity index (χ1n) is 3.39. The summed E-state index contributed by atoms with van der Waals surface area (Å²) in [6, 6.07) is 0. The van der Waals surface area contributed by atoms with Gasteiger partial charge in [-0.2, -0.15) is 0 Å². The fourth-order valence-electron chi connectivity index (χ4n) is 0.626. The number of nitrogens with zero attached hydrogens (tertiary/aromatic N) is 1. The lowest BCUT2D eigenvalue weighted by Gasteiger charge is -2.19. The van der Waals surface area contributed by atoms with Crippen LogP contribution in [0, 0.1) is 0 Å². The third kappa shape index (κ3) is 4.51. The predicted molar refractivity (Wildman–Crippen MR) is 40.2 cm³/mol. The van der Waals surface area contributed by atoms with Crippen molar-refractivity contribution in [3.63, 3.8) is 0 Å². The molecule has 6 nitrogen and oxygen atoms in total. The van der Waals surface area contributed by atoms with Crippen LogP contribution in [0.1, 0.15) is 13.8 Å². The van der Waals surface area contributed by atoms with Crippen LogP contribution >= 0.6 is 0 Å². The summed E-state index contributed by atoms with van der Waals surface area (Å²) in [6.07, 6.45) is -2.11. The van der Waals surface area contributed by atoms with Gasteiger partial charge in [0.15, 0.2) is 0 Å². The Balaban J connectivity index is 4.04. The molecule has 0 saturated heterocycles. The minimum Gasteiger partial charge on any atom is -0.464 e. The second-order valence-corrected chi connectivity index (χ2v) is 2.41. The van der Waals surface area contributed by atoms with E-state index in [1.54, 1.807) is 0 Å². The third-order valence-electron chi connectivity index (χ3n) is 0.970. The summed E-state index contributed by atoms with van der Waals surface area (Å²) in [5, 5.41) is 17.9. The summed E-state index contributed by atoms with van der Waals surface area (Å²) in [7, 11) is 0. The van der Waals surface area contributed by atoms with E-state index in [1.807, 2.05) is 5.43 Å². The topological polar surface area (TPSA) is 89.9 Å². The molecule has 0 aromatic heterocycles. The van der Waals surface area contributed by atoms with E-state index in [9.17, 15) is 9.59 Å². The number of hydrazine groups is 1. The Morgan fingerprint density at radius 3 is 2.33 bits per heavy atom. The second-order valence-electron chi connectivity index (χ2n) is 2.41. The van der Waals surface area contributed by atoms with Crippen LogP contribution in [0.3, 0.4) is 0 Å². The van der Waals surface area contributed by atoms with Crippen molar-refractivity contribution in [3.05, 3.63) is 0 Å². The normalized spacial score (nSPS) is 11.9. The van der Waals surface area contributed by atoms with E-state index in [0.29, 0.717) is 5.01 Å². The number of aliphatic hydroxyl groups is 1. The fourth-order valence-corrected chi connectivity index (χ4v) is 0.626. The van der Waals surface area contributed by atoms with Gasteiger partial charge in [-0.15, -0.1) is 0 Å². The molecule has 0 aliphatic rings. The van der Waals surface area contributed by atoms with Crippen molar-refractivity contribution < 1.29 is 19.8 Å². The maximum atomic E-state index is 10.4. The largest absolute Gasteiger partial charge is 0.464 e. The summed E-state index contributed by atoms with van der Waals surface area (Å²) in [4.78, 5) is 20.8. The molecule has 0 aliphatic carbocycles. The molecule has 0 radical (unpaired) electrons.